The Labute approximate surface area is 285 Å². The maximum atomic E-state index is 12.5. The van der Waals surface area contributed by atoms with Gasteiger partial charge in [-0.15, -0.1) is 0 Å². The predicted molar refractivity (Wildman–Crippen MR) is 197 cm³/mol. The van der Waals surface area contributed by atoms with E-state index in [0.29, 0.717) is 24.5 Å². The highest BCUT2D eigenvalue weighted by Gasteiger charge is 2.12. The summed E-state index contributed by atoms with van der Waals surface area (Å²) in [6.07, 6.45) is 37.4. The van der Waals surface area contributed by atoms with Gasteiger partial charge in [-0.25, -0.2) is 0 Å². The number of hydrogen-bond donors (Lipinski definition) is 2. The molecular formula is C41H75NO4. The number of hydrogen-bond acceptors (Lipinski definition) is 4. The van der Waals surface area contributed by atoms with Crippen molar-refractivity contribution in [3.63, 3.8) is 0 Å². The molecule has 0 aromatic heterocycles. The van der Waals surface area contributed by atoms with Crippen molar-refractivity contribution in [1.82, 2.24) is 5.32 Å². The molecule has 0 spiro atoms. The average Bonchev–Trinajstić information content (AvgIpc) is 3.07. The normalized spacial score (nSPS) is 11.2. The third-order valence-electron chi connectivity index (χ3n) is 9.11. The summed E-state index contributed by atoms with van der Waals surface area (Å²) < 4.78 is 12.3. The zero-order valence-electron chi connectivity index (χ0n) is 30.5. The van der Waals surface area contributed by atoms with Crippen LogP contribution in [0, 0.1) is 0 Å². The molecule has 0 saturated heterocycles. The summed E-state index contributed by atoms with van der Waals surface area (Å²) in [5.41, 5.74) is 0.535. The first-order valence-electron chi connectivity index (χ1n) is 20.0. The molecule has 0 aliphatic heterocycles. The molecule has 1 amide bonds. The highest BCUT2D eigenvalue weighted by Crippen LogP contribution is 2.29. The Kier molecular flexibility index (Phi) is 30.5. The molecular weight excluding hydrogens is 570 g/mol. The first kappa shape index (κ1) is 42.3. The monoisotopic (exact) mass is 646 g/mol. The van der Waals surface area contributed by atoms with Crippen LogP contribution in [0.5, 0.6) is 11.5 Å². The molecule has 1 aromatic carbocycles. The van der Waals surface area contributed by atoms with Gasteiger partial charge in [-0.05, 0) is 31.0 Å². The maximum absolute atomic E-state index is 12.5. The van der Waals surface area contributed by atoms with Gasteiger partial charge in [0, 0.05) is 12.1 Å². The summed E-state index contributed by atoms with van der Waals surface area (Å²) in [6.45, 7) is 6.03. The van der Waals surface area contributed by atoms with E-state index < -0.39 is 0 Å². The molecule has 2 N–H and O–H groups in total. The van der Waals surface area contributed by atoms with Crippen LogP contribution in [0.4, 0.5) is 0 Å². The first-order chi connectivity index (χ1) is 22.7. The highest BCUT2D eigenvalue weighted by atomic mass is 16.5. The van der Waals surface area contributed by atoms with Gasteiger partial charge in [-0.3, -0.25) is 4.79 Å². The van der Waals surface area contributed by atoms with Gasteiger partial charge < -0.3 is 19.9 Å². The molecule has 0 aliphatic rings. The Hall–Kier alpha value is -1.75. The standard InChI is InChI=1S/C41H75NO4/c1-3-5-7-9-11-13-15-17-19-21-23-25-27-29-35-45-39-32-31-38(41(44)42-33-34-43)37-40(39)46-36-30-28-26-24-22-20-18-16-14-12-10-8-6-4-2/h31-32,37,43H,3-30,33-36H2,1-2H3,(H,42,44). The minimum atomic E-state index is -0.200. The fourth-order valence-electron chi connectivity index (χ4n) is 6.11. The number of ether oxygens (including phenoxy) is 2. The number of aliphatic hydroxyl groups excluding tert-OH is 1. The quantitative estimate of drug-likeness (QED) is 0.0721. The second kappa shape index (κ2) is 33.2. The van der Waals surface area contributed by atoms with E-state index in [1.807, 2.05) is 6.07 Å². The number of nitrogens with one attached hydrogen (secondary N) is 1. The van der Waals surface area contributed by atoms with Crippen molar-refractivity contribution in [3.8, 4) is 11.5 Å². The van der Waals surface area contributed by atoms with Gasteiger partial charge >= 0.3 is 0 Å². The largest absolute Gasteiger partial charge is 0.490 e. The predicted octanol–water partition coefficient (Wildman–Crippen LogP) is 12.1. The number of carbonyl (C=O) groups is 1. The molecule has 5 heteroatoms. The number of rotatable bonds is 35. The van der Waals surface area contributed by atoms with Gasteiger partial charge in [0.25, 0.3) is 5.91 Å². The molecule has 0 radical (unpaired) electrons. The first-order valence-corrected chi connectivity index (χ1v) is 20.0. The van der Waals surface area contributed by atoms with Gasteiger partial charge in [-0.2, -0.15) is 0 Å². The summed E-state index contributed by atoms with van der Waals surface area (Å²) in [5, 5.41) is 11.8. The van der Waals surface area contributed by atoms with Crippen molar-refractivity contribution >= 4 is 5.91 Å². The molecule has 1 aromatic rings. The zero-order chi connectivity index (χ0) is 33.2. The average molecular weight is 646 g/mol. The minimum absolute atomic E-state index is 0.0748. The van der Waals surface area contributed by atoms with Crippen LogP contribution in [0.2, 0.25) is 0 Å². The van der Waals surface area contributed by atoms with E-state index in [9.17, 15) is 4.79 Å². The number of aliphatic hydroxyl groups is 1. The summed E-state index contributed by atoms with van der Waals surface area (Å²) in [4.78, 5) is 12.5. The summed E-state index contributed by atoms with van der Waals surface area (Å²) in [7, 11) is 0. The second-order valence-electron chi connectivity index (χ2n) is 13.5. The molecule has 0 heterocycles. The Bertz CT molecular complexity index is 799. The van der Waals surface area contributed by atoms with Crippen LogP contribution in [0.1, 0.15) is 204 Å². The topological polar surface area (TPSA) is 67.8 Å². The third kappa shape index (κ3) is 25.4. The van der Waals surface area contributed by atoms with Gasteiger partial charge in [0.05, 0.1) is 19.8 Å². The van der Waals surface area contributed by atoms with Crippen LogP contribution in [-0.4, -0.2) is 37.4 Å². The third-order valence-corrected chi connectivity index (χ3v) is 9.11. The lowest BCUT2D eigenvalue weighted by Gasteiger charge is -2.14. The van der Waals surface area contributed by atoms with E-state index in [-0.39, 0.29) is 19.1 Å². The Morgan fingerprint density at radius 1 is 0.522 bits per heavy atom. The Morgan fingerprint density at radius 2 is 0.870 bits per heavy atom. The van der Waals surface area contributed by atoms with Crippen molar-refractivity contribution in [2.24, 2.45) is 0 Å². The summed E-state index contributed by atoms with van der Waals surface area (Å²) >= 11 is 0. The molecule has 0 atom stereocenters. The lowest BCUT2D eigenvalue weighted by molar-refractivity contribution is 0.0944. The van der Waals surface area contributed by atoms with Gasteiger partial charge in [0.15, 0.2) is 11.5 Å². The molecule has 0 fully saturated rings. The minimum Gasteiger partial charge on any atom is -0.490 e. The number of unbranched alkanes of at least 4 members (excludes halogenated alkanes) is 26. The zero-order valence-corrected chi connectivity index (χ0v) is 30.5. The highest BCUT2D eigenvalue weighted by molar-refractivity contribution is 5.94. The molecule has 46 heavy (non-hydrogen) atoms. The van der Waals surface area contributed by atoms with Crippen molar-refractivity contribution < 1.29 is 19.4 Å². The molecule has 0 aliphatic carbocycles. The molecule has 0 unspecified atom stereocenters. The lowest BCUT2D eigenvalue weighted by Crippen LogP contribution is -2.26. The van der Waals surface area contributed by atoms with Gasteiger partial charge in [0.2, 0.25) is 0 Å². The van der Waals surface area contributed by atoms with E-state index in [0.717, 1.165) is 18.6 Å². The fraction of sp³-hybridized carbons (Fsp3) is 0.829. The smallest absolute Gasteiger partial charge is 0.251 e. The van der Waals surface area contributed by atoms with Crippen LogP contribution in [0.3, 0.4) is 0 Å². The Balaban J connectivity index is 2.22. The number of carbonyl (C=O) groups excluding carboxylic acids is 1. The van der Waals surface area contributed by atoms with Crippen molar-refractivity contribution in [1.29, 1.82) is 0 Å². The van der Waals surface area contributed by atoms with Crippen LogP contribution in [0.25, 0.3) is 0 Å². The van der Waals surface area contributed by atoms with E-state index in [1.54, 1.807) is 12.1 Å². The van der Waals surface area contributed by atoms with E-state index in [2.05, 4.69) is 19.2 Å². The van der Waals surface area contributed by atoms with Crippen molar-refractivity contribution in [3.05, 3.63) is 23.8 Å². The number of benzene rings is 1. The second-order valence-corrected chi connectivity index (χ2v) is 13.5. The van der Waals surface area contributed by atoms with Crippen LogP contribution in [0.15, 0.2) is 18.2 Å². The summed E-state index contributed by atoms with van der Waals surface area (Å²) in [5.74, 6) is 1.17. The lowest BCUT2D eigenvalue weighted by atomic mass is 10.0. The van der Waals surface area contributed by atoms with Crippen LogP contribution < -0.4 is 14.8 Å². The molecule has 268 valence electrons. The maximum Gasteiger partial charge on any atom is 0.251 e. The van der Waals surface area contributed by atoms with Gasteiger partial charge in [0.1, 0.15) is 0 Å². The van der Waals surface area contributed by atoms with E-state index in [1.165, 1.54) is 167 Å². The van der Waals surface area contributed by atoms with Crippen LogP contribution in [-0.2, 0) is 0 Å². The number of amides is 1. The van der Waals surface area contributed by atoms with Crippen molar-refractivity contribution in [2.75, 3.05) is 26.4 Å². The fourth-order valence-corrected chi connectivity index (χ4v) is 6.11. The van der Waals surface area contributed by atoms with E-state index >= 15 is 0 Å². The van der Waals surface area contributed by atoms with Crippen LogP contribution >= 0.6 is 0 Å². The van der Waals surface area contributed by atoms with Crippen molar-refractivity contribution in [2.45, 2.75) is 194 Å². The SMILES string of the molecule is CCCCCCCCCCCCCCCCOc1ccc(C(=O)NCCO)cc1OCCCCCCCCCCCCCCCC. The Morgan fingerprint density at radius 3 is 1.24 bits per heavy atom. The van der Waals surface area contributed by atoms with Gasteiger partial charge in [-0.1, -0.05) is 181 Å². The molecule has 0 saturated carbocycles. The molecule has 1 rings (SSSR count). The summed E-state index contributed by atoms with van der Waals surface area (Å²) in [6, 6.07) is 5.43. The molecule has 5 nitrogen and oxygen atoms in total. The van der Waals surface area contributed by atoms with E-state index in [4.69, 9.17) is 14.6 Å². The molecule has 0 bridgehead atoms.